The molecule has 0 amide bonds. The summed E-state index contributed by atoms with van der Waals surface area (Å²) in [5.41, 5.74) is 3.59. The van der Waals surface area contributed by atoms with Gasteiger partial charge in [-0.2, -0.15) is 4.98 Å². The summed E-state index contributed by atoms with van der Waals surface area (Å²) < 4.78 is 3.88. The Hall–Kier alpha value is -4.44. The average molecular weight is 498 g/mol. The summed E-state index contributed by atoms with van der Waals surface area (Å²) in [6, 6.07) is 17.1. The molecular weight excluding hydrogens is 474 g/mol. The third kappa shape index (κ3) is 4.84. The lowest BCUT2D eigenvalue weighted by Crippen LogP contribution is -2.36. The molecule has 0 aliphatic rings. The first-order valence-corrected chi connectivity index (χ1v) is 12.1. The molecule has 0 aliphatic carbocycles. The largest absolute Gasteiger partial charge is 0.350 e. The van der Waals surface area contributed by atoms with E-state index in [2.05, 4.69) is 56.3 Å². The Morgan fingerprint density at radius 3 is 2.28 bits per heavy atom. The van der Waals surface area contributed by atoms with Crippen LogP contribution in [0.25, 0.3) is 11.3 Å². The van der Waals surface area contributed by atoms with Crippen molar-refractivity contribution in [2.45, 2.75) is 26.2 Å². The zero-order valence-corrected chi connectivity index (χ0v) is 20.7. The predicted molar refractivity (Wildman–Crippen MR) is 144 cm³/mol. The fraction of sp³-hybridized carbons (Fsp3) is 0.154. The van der Waals surface area contributed by atoms with Gasteiger partial charge >= 0.3 is 0 Å². The van der Waals surface area contributed by atoms with Gasteiger partial charge in [-0.3, -0.25) is 9.59 Å². The molecule has 5 rings (SSSR count). The van der Waals surface area contributed by atoms with Crippen LogP contribution in [-0.4, -0.2) is 19.6 Å². The third-order valence-electron chi connectivity index (χ3n) is 5.61. The van der Waals surface area contributed by atoms with Crippen LogP contribution in [0.5, 0.6) is 0 Å². The first-order valence-electron chi connectivity index (χ1n) is 11.2. The predicted octanol–water partition coefficient (Wildman–Crippen LogP) is 5.12. The van der Waals surface area contributed by atoms with Gasteiger partial charge in [0.2, 0.25) is 5.95 Å². The molecule has 2 aromatic heterocycles. The quantitative estimate of drug-likeness (QED) is 0.263. The van der Waals surface area contributed by atoms with E-state index in [0.29, 0.717) is 11.8 Å². The molecule has 0 radical (unpaired) electrons. The Balaban J connectivity index is 1.32. The van der Waals surface area contributed by atoms with Crippen LogP contribution in [0.15, 0.2) is 75.8 Å². The highest BCUT2D eigenvalue weighted by Crippen LogP contribution is 2.28. The minimum absolute atomic E-state index is 0.0464. The molecule has 0 spiro atoms. The maximum atomic E-state index is 12.3. The summed E-state index contributed by atoms with van der Waals surface area (Å²) in [6.07, 6.45) is 1.57. The second kappa shape index (κ2) is 9.31. The van der Waals surface area contributed by atoms with Crippen molar-refractivity contribution in [3.63, 3.8) is 0 Å². The maximum absolute atomic E-state index is 12.3. The number of aromatic nitrogens is 4. The molecule has 9 nitrogen and oxygen atoms in total. The summed E-state index contributed by atoms with van der Waals surface area (Å²) >= 11 is 1.30. The summed E-state index contributed by atoms with van der Waals surface area (Å²) in [6.45, 7) is 6.34. The molecule has 180 valence electrons. The van der Waals surface area contributed by atoms with Gasteiger partial charge in [0.05, 0.1) is 0 Å². The summed E-state index contributed by atoms with van der Waals surface area (Å²) in [7, 11) is 0. The van der Waals surface area contributed by atoms with Crippen LogP contribution < -0.4 is 26.8 Å². The fourth-order valence-electron chi connectivity index (χ4n) is 3.60. The van der Waals surface area contributed by atoms with Gasteiger partial charge in [0.25, 0.3) is 10.9 Å². The smallest absolute Gasteiger partial charge is 0.253 e. The molecule has 10 heteroatoms. The van der Waals surface area contributed by atoms with Crippen molar-refractivity contribution in [3.05, 3.63) is 92.2 Å². The number of rotatable bonds is 7. The molecule has 0 saturated heterocycles. The monoisotopic (exact) mass is 497 g/mol. The number of nitrogens with one attached hydrogen (secondary N) is 3. The van der Waals surface area contributed by atoms with Gasteiger partial charge in [0, 0.05) is 28.5 Å². The highest BCUT2D eigenvalue weighted by Gasteiger charge is 2.22. The van der Waals surface area contributed by atoms with Crippen LogP contribution in [0.2, 0.25) is 0 Å². The van der Waals surface area contributed by atoms with Crippen molar-refractivity contribution in [1.82, 2.24) is 19.6 Å². The van der Waals surface area contributed by atoms with E-state index in [-0.39, 0.29) is 16.8 Å². The number of benzene rings is 2. The van der Waals surface area contributed by atoms with E-state index in [0.717, 1.165) is 28.2 Å². The summed E-state index contributed by atoms with van der Waals surface area (Å²) in [4.78, 5) is 33.3. The van der Waals surface area contributed by atoms with E-state index in [9.17, 15) is 9.59 Å². The van der Waals surface area contributed by atoms with Crippen LogP contribution in [0.4, 0.5) is 34.5 Å². The van der Waals surface area contributed by atoms with E-state index >= 15 is 0 Å². The number of hydrogen-bond donors (Lipinski definition) is 3. The molecule has 0 bridgehead atoms. The van der Waals surface area contributed by atoms with Crippen molar-refractivity contribution < 1.29 is 0 Å². The van der Waals surface area contributed by atoms with E-state index in [1.165, 1.54) is 11.5 Å². The molecule has 3 N–H and O–H groups in total. The van der Waals surface area contributed by atoms with Gasteiger partial charge in [-0.05, 0) is 52.8 Å². The molecule has 0 unspecified atom stereocenters. The van der Waals surface area contributed by atoms with Gasteiger partial charge in [-0.25, -0.2) is 4.98 Å². The zero-order chi connectivity index (χ0) is 25.3. The van der Waals surface area contributed by atoms with Crippen LogP contribution >= 0.6 is 11.5 Å². The molecule has 5 aromatic rings. The van der Waals surface area contributed by atoms with Crippen molar-refractivity contribution in [3.8, 4) is 11.3 Å². The average Bonchev–Trinajstić information content (AvgIpc) is 3.41. The lowest BCUT2D eigenvalue weighted by molar-refractivity contribution is 0.590. The Bertz CT molecular complexity index is 1580. The third-order valence-corrected chi connectivity index (χ3v) is 6.12. The zero-order valence-electron chi connectivity index (χ0n) is 19.9. The minimum atomic E-state index is -0.593. The van der Waals surface area contributed by atoms with Gasteiger partial charge in [0.1, 0.15) is 22.9 Å². The van der Waals surface area contributed by atoms with Gasteiger partial charge in [-0.1, -0.05) is 49.5 Å². The lowest BCUT2D eigenvalue weighted by atomic mass is 9.87. The first-order chi connectivity index (χ1) is 17.3. The van der Waals surface area contributed by atoms with Crippen molar-refractivity contribution in [1.29, 1.82) is 0 Å². The van der Waals surface area contributed by atoms with Crippen molar-refractivity contribution >= 4 is 46.0 Å². The second-order valence-electron chi connectivity index (χ2n) is 9.25. The van der Waals surface area contributed by atoms with Crippen LogP contribution in [0, 0.1) is 0 Å². The second-order valence-corrected chi connectivity index (χ2v) is 9.86. The Morgan fingerprint density at radius 2 is 1.58 bits per heavy atom. The van der Waals surface area contributed by atoms with Crippen molar-refractivity contribution in [2.75, 3.05) is 16.0 Å². The molecular formula is C26H23N7O2S. The number of anilines is 6. The molecule has 0 atom stereocenters. The van der Waals surface area contributed by atoms with Crippen molar-refractivity contribution in [2.24, 2.45) is 0 Å². The van der Waals surface area contributed by atoms with E-state index in [1.807, 2.05) is 53.9 Å². The van der Waals surface area contributed by atoms with E-state index < -0.39 is 10.9 Å². The normalized spacial score (nSPS) is 11.4. The molecule has 0 saturated carbocycles. The summed E-state index contributed by atoms with van der Waals surface area (Å²) in [5.74, 6) is 0.727. The van der Waals surface area contributed by atoms with Gasteiger partial charge in [0.15, 0.2) is 0 Å². The van der Waals surface area contributed by atoms with Gasteiger partial charge < -0.3 is 16.0 Å². The van der Waals surface area contributed by atoms with E-state index in [4.69, 9.17) is 0 Å². The Kier molecular flexibility index (Phi) is 6.03. The van der Waals surface area contributed by atoms with E-state index in [1.54, 1.807) is 12.3 Å². The Labute approximate surface area is 211 Å². The highest BCUT2D eigenvalue weighted by molar-refractivity contribution is 7.03. The standard InChI is InChI=1S/C26H23N7O2S/c1-26(2,3)16-5-4-6-18(13-16)28-21-22(24(35)23(21)34)30-20-11-12-27-25(31-20)29-17-9-7-15(8-10-17)19-14-36-33-32-19/h4-14,28H,1-3H3,(H2,27,29,30,31). The van der Waals surface area contributed by atoms with Crippen LogP contribution in [-0.2, 0) is 5.41 Å². The molecule has 3 aromatic carbocycles. The topological polar surface area (TPSA) is 122 Å². The maximum Gasteiger partial charge on any atom is 0.253 e. The SMILES string of the molecule is CC(C)(C)c1cccc(Nc2c(Nc3ccnc(Nc4ccc(-c5csnn5)cc4)n3)c(=O)c2=O)c1. The van der Waals surface area contributed by atoms with Crippen LogP contribution in [0.1, 0.15) is 26.3 Å². The molecule has 36 heavy (non-hydrogen) atoms. The summed E-state index contributed by atoms with van der Waals surface area (Å²) in [5, 5.41) is 15.1. The fourth-order valence-corrected chi connectivity index (χ4v) is 4.06. The Morgan fingerprint density at radius 1 is 0.833 bits per heavy atom. The molecule has 2 heterocycles. The molecule has 0 fully saturated rings. The first kappa shape index (κ1) is 23.3. The van der Waals surface area contributed by atoms with Gasteiger partial charge in [-0.15, -0.1) is 5.10 Å². The number of nitrogens with zero attached hydrogens (tertiary/aromatic N) is 4. The minimum Gasteiger partial charge on any atom is -0.350 e. The molecule has 0 aliphatic heterocycles. The lowest BCUT2D eigenvalue weighted by Gasteiger charge is -2.21. The number of hydrogen-bond acceptors (Lipinski definition) is 10. The van der Waals surface area contributed by atoms with Crippen LogP contribution in [0.3, 0.4) is 0 Å². The highest BCUT2D eigenvalue weighted by atomic mass is 32.1.